The first kappa shape index (κ1) is 15.5. The lowest BCUT2D eigenvalue weighted by molar-refractivity contribution is -0.384. The van der Waals surface area contributed by atoms with Crippen LogP contribution in [0.25, 0.3) is 0 Å². The molecule has 0 unspecified atom stereocenters. The molecule has 1 N–H and O–H groups in total. The first-order valence-corrected chi connectivity index (χ1v) is 7.33. The maximum atomic E-state index is 12.5. The number of carbonyl (C=O) groups excluding carboxylic acids is 1. The molecule has 1 saturated heterocycles. The van der Waals surface area contributed by atoms with Crippen LogP contribution in [0.2, 0.25) is 0 Å². The first-order valence-electron chi connectivity index (χ1n) is 7.33. The summed E-state index contributed by atoms with van der Waals surface area (Å²) >= 11 is 0. The van der Waals surface area contributed by atoms with E-state index in [1.54, 1.807) is 16.5 Å². The molecule has 1 aromatic rings. The number of carbonyl (C=O) groups is 1. The molecular formula is C14H22N4O3. The molecule has 2 heterocycles. The van der Waals surface area contributed by atoms with Crippen molar-refractivity contribution in [2.45, 2.75) is 26.3 Å². The largest absolute Gasteiger partial charge is 0.340 e. The Balaban J connectivity index is 2.09. The number of nitro groups is 1. The lowest BCUT2D eigenvalue weighted by atomic mass is 9.97. The van der Waals surface area contributed by atoms with Crippen molar-refractivity contribution in [1.29, 1.82) is 0 Å². The Morgan fingerprint density at radius 3 is 2.76 bits per heavy atom. The number of rotatable bonds is 5. The van der Waals surface area contributed by atoms with Gasteiger partial charge in [-0.1, -0.05) is 0 Å². The van der Waals surface area contributed by atoms with Crippen LogP contribution in [-0.2, 0) is 6.54 Å². The van der Waals surface area contributed by atoms with E-state index in [0.29, 0.717) is 24.7 Å². The van der Waals surface area contributed by atoms with E-state index in [1.165, 1.54) is 12.3 Å². The van der Waals surface area contributed by atoms with Crippen molar-refractivity contribution in [2.24, 2.45) is 5.92 Å². The van der Waals surface area contributed by atoms with E-state index < -0.39 is 4.92 Å². The van der Waals surface area contributed by atoms with Gasteiger partial charge in [-0.15, -0.1) is 0 Å². The Labute approximate surface area is 124 Å². The number of nitrogens with one attached hydrogen (secondary N) is 1. The van der Waals surface area contributed by atoms with E-state index in [4.69, 9.17) is 0 Å². The highest BCUT2D eigenvalue weighted by molar-refractivity contribution is 5.93. The van der Waals surface area contributed by atoms with Gasteiger partial charge in [-0.25, -0.2) is 0 Å². The molecule has 116 valence electrons. The highest BCUT2D eigenvalue weighted by atomic mass is 16.6. The summed E-state index contributed by atoms with van der Waals surface area (Å²) in [6.45, 7) is 5.08. The molecule has 0 bridgehead atoms. The molecule has 0 spiro atoms. The Morgan fingerprint density at radius 1 is 1.52 bits per heavy atom. The van der Waals surface area contributed by atoms with Crippen molar-refractivity contribution in [3.8, 4) is 0 Å². The number of amides is 1. The van der Waals surface area contributed by atoms with Crippen LogP contribution < -0.4 is 5.32 Å². The molecular weight excluding hydrogens is 272 g/mol. The van der Waals surface area contributed by atoms with Gasteiger partial charge in [-0.05, 0) is 38.8 Å². The standard InChI is InChI=1S/C14H22N4O3/c1-3-17-10-12(18(20)21)8-13(17)14(19)16(2)9-11-4-6-15-7-5-11/h8,10-11,15H,3-7,9H2,1-2H3. The van der Waals surface area contributed by atoms with E-state index in [-0.39, 0.29) is 11.6 Å². The second-order valence-corrected chi connectivity index (χ2v) is 5.51. The van der Waals surface area contributed by atoms with Crippen LogP contribution in [0.15, 0.2) is 12.3 Å². The fraction of sp³-hybridized carbons (Fsp3) is 0.643. The minimum absolute atomic E-state index is 0.0320. The Kier molecular flexibility index (Phi) is 4.95. The third-order valence-corrected chi connectivity index (χ3v) is 3.99. The number of aryl methyl sites for hydroxylation is 1. The number of hydrogen-bond acceptors (Lipinski definition) is 4. The second-order valence-electron chi connectivity index (χ2n) is 5.51. The number of nitrogens with zero attached hydrogens (tertiary/aromatic N) is 3. The van der Waals surface area contributed by atoms with Crippen LogP contribution in [0.1, 0.15) is 30.3 Å². The topological polar surface area (TPSA) is 80.4 Å². The third kappa shape index (κ3) is 3.60. The maximum Gasteiger partial charge on any atom is 0.287 e. The Morgan fingerprint density at radius 2 is 2.19 bits per heavy atom. The quantitative estimate of drug-likeness (QED) is 0.659. The van der Waals surface area contributed by atoms with Crippen LogP contribution in [0, 0.1) is 16.0 Å². The number of piperidine rings is 1. The number of hydrogen-bond donors (Lipinski definition) is 1. The fourth-order valence-corrected chi connectivity index (χ4v) is 2.77. The molecule has 1 fully saturated rings. The zero-order chi connectivity index (χ0) is 15.4. The molecule has 7 nitrogen and oxygen atoms in total. The van der Waals surface area contributed by atoms with Crippen LogP contribution in [0.4, 0.5) is 5.69 Å². The minimum atomic E-state index is -0.463. The molecule has 7 heteroatoms. The van der Waals surface area contributed by atoms with Crippen molar-refractivity contribution in [3.05, 3.63) is 28.1 Å². The highest BCUT2D eigenvalue weighted by Gasteiger charge is 2.23. The van der Waals surface area contributed by atoms with Gasteiger partial charge in [-0.3, -0.25) is 14.9 Å². The van der Waals surface area contributed by atoms with Gasteiger partial charge in [0.05, 0.1) is 11.1 Å². The van der Waals surface area contributed by atoms with Crippen molar-refractivity contribution in [1.82, 2.24) is 14.8 Å². The molecule has 0 radical (unpaired) electrons. The van der Waals surface area contributed by atoms with Gasteiger partial charge < -0.3 is 14.8 Å². The SMILES string of the molecule is CCn1cc([N+](=O)[O-])cc1C(=O)N(C)CC1CCNCC1. The summed E-state index contributed by atoms with van der Waals surface area (Å²) in [5.41, 5.74) is 0.358. The molecule has 0 atom stereocenters. The van der Waals surface area contributed by atoms with Gasteiger partial charge >= 0.3 is 0 Å². The molecule has 0 aliphatic carbocycles. The zero-order valence-corrected chi connectivity index (χ0v) is 12.5. The van der Waals surface area contributed by atoms with E-state index in [9.17, 15) is 14.9 Å². The fourth-order valence-electron chi connectivity index (χ4n) is 2.77. The molecule has 0 saturated carbocycles. The summed E-state index contributed by atoms with van der Waals surface area (Å²) in [6, 6.07) is 1.37. The summed E-state index contributed by atoms with van der Waals surface area (Å²) in [6.07, 6.45) is 3.55. The van der Waals surface area contributed by atoms with Crippen LogP contribution >= 0.6 is 0 Å². The van der Waals surface area contributed by atoms with Crippen LogP contribution in [0.5, 0.6) is 0 Å². The van der Waals surface area contributed by atoms with E-state index in [1.807, 2.05) is 6.92 Å². The predicted molar refractivity (Wildman–Crippen MR) is 79.3 cm³/mol. The summed E-state index contributed by atoms with van der Waals surface area (Å²) in [7, 11) is 1.77. The van der Waals surface area contributed by atoms with Crippen LogP contribution in [-0.4, -0.2) is 47.0 Å². The van der Waals surface area contributed by atoms with Gasteiger partial charge in [0.2, 0.25) is 0 Å². The molecule has 1 aliphatic heterocycles. The number of aromatic nitrogens is 1. The molecule has 0 aromatic carbocycles. The van der Waals surface area contributed by atoms with E-state index >= 15 is 0 Å². The molecule has 21 heavy (non-hydrogen) atoms. The minimum Gasteiger partial charge on any atom is -0.340 e. The van der Waals surface area contributed by atoms with Gasteiger partial charge in [0, 0.05) is 26.2 Å². The molecule has 1 amide bonds. The summed E-state index contributed by atoms with van der Waals surface area (Å²) < 4.78 is 1.64. The molecule has 1 aliphatic rings. The van der Waals surface area contributed by atoms with Crippen molar-refractivity contribution in [2.75, 3.05) is 26.7 Å². The Hall–Kier alpha value is -1.89. The highest BCUT2D eigenvalue weighted by Crippen LogP contribution is 2.19. The van der Waals surface area contributed by atoms with Gasteiger partial charge in [0.1, 0.15) is 5.69 Å². The van der Waals surface area contributed by atoms with Crippen LogP contribution in [0.3, 0.4) is 0 Å². The predicted octanol–water partition coefficient (Wildman–Crippen LogP) is 1.49. The summed E-state index contributed by atoms with van der Waals surface area (Å²) in [5, 5.41) is 14.2. The first-order chi connectivity index (χ1) is 10.0. The van der Waals surface area contributed by atoms with Gasteiger partial charge in [0.25, 0.3) is 11.6 Å². The van der Waals surface area contributed by atoms with Crippen molar-refractivity contribution >= 4 is 11.6 Å². The van der Waals surface area contributed by atoms with Crippen molar-refractivity contribution in [3.63, 3.8) is 0 Å². The smallest absolute Gasteiger partial charge is 0.287 e. The molecule has 2 rings (SSSR count). The maximum absolute atomic E-state index is 12.5. The monoisotopic (exact) mass is 294 g/mol. The summed E-state index contributed by atoms with van der Waals surface area (Å²) in [4.78, 5) is 24.6. The lowest BCUT2D eigenvalue weighted by Gasteiger charge is -2.27. The third-order valence-electron chi connectivity index (χ3n) is 3.99. The average Bonchev–Trinajstić information content (AvgIpc) is 2.91. The zero-order valence-electron chi connectivity index (χ0n) is 12.5. The van der Waals surface area contributed by atoms with Gasteiger partial charge in [-0.2, -0.15) is 0 Å². The average molecular weight is 294 g/mol. The van der Waals surface area contributed by atoms with Gasteiger partial charge in [0.15, 0.2) is 0 Å². The van der Waals surface area contributed by atoms with E-state index in [0.717, 1.165) is 25.9 Å². The summed E-state index contributed by atoms with van der Waals surface area (Å²) in [5.74, 6) is 0.351. The van der Waals surface area contributed by atoms with Crippen molar-refractivity contribution < 1.29 is 9.72 Å². The second kappa shape index (κ2) is 6.71. The lowest BCUT2D eigenvalue weighted by Crippen LogP contribution is -2.37. The van der Waals surface area contributed by atoms with E-state index in [2.05, 4.69) is 5.32 Å². The normalized spacial score (nSPS) is 15.9. The Bertz CT molecular complexity index is 520. The molecule has 1 aromatic heterocycles.